The Balaban J connectivity index is 1.98. The second kappa shape index (κ2) is 7.92. The molecule has 1 amide bonds. The molecule has 2 aromatic carbocycles. The van der Waals surface area contributed by atoms with Crippen molar-refractivity contribution in [3.63, 3.8) is 0 Å². The molecule has 0 unspecified atom stereocenters. The van der Waals surface area contributed by atoms with E-state index in [9.17, 15) is 4.79 Å². The topological polar surface area (TPSA) is 100 Å². The summed E-state index contributed by atoms with van der Waals surface area (Å²) in [5.41, 5.74) is 1.23. The highest BCUT2D eigenvalue weighted by Crippen LogP contribution is 2.40. The van der Waals surface area contributed by atoms with Crippen LogP contribution in [0.4, 0.5) is 5.69 Å². The fraction of sp³-hybridized carbons (Fsp3) is 0.176. The largest absolute Gasteiger partial charge is 0.493 e. The molecule has 0 fully saturated rings. The van der Waals surface area contributed by atoms with Crippen molar-refractivity contribution < 1.29 is 19.0 Å². The Labute approximate surface area is 159 Å². The van der Waals surface area contributed by atoms with Crippen LogP contribution in [0.3, 0.4) is 0 Å². The molecule has 0 atom stereocenters. The molecule has 1 heterocycles. The highest BCUT2D eigenvalue weighted by atomic mass is 35.5. The van der Waals surface area contributed by atoms with Crippen LogP contribution in [0.1, 0.15) is 10.4 Å². The van der Waals surface area contributed by atoms with Gasteiger partial charge in [0.2, 0.25) is 5.75 Å². The van der Waals surface area contributed by atoms with Gasteiger partial charge in [0.05, 0.1) is 32.6 Å². The molecule has 27 heavy (non-hydrogen) atoms. The van der Waals surface area contributed by atoms with Gasteiger partial charge in [-0.15, -0.1) is 5.10 Å². The Kier molecular flexibility index (Phi) is 5.41. The maximum Gasteiger partial charge on any atom is 0.257 e. The van der Waals surface area contributed by atoms with Gasteiger partial charge in [-0.25, -0.2) is 0 Å². The lowest BCUT2D eigenvalue weighted by atomic mass is 10.1. The number of amides is 1. The lowest BCUT2D eigenvalue weighted by molar-refractivity contribution is 0.102. The van der Waals surface area contributed by atoms with Crippen molar-refractivity contribution in [3.8, 4) is 22.9 Å². The number of nitrogens with one attached hydrogen (secondary N) is 1. The van der Waals surface area contributed by atoms with E-state index in [-0.39, 0.29) is 0 Å². The average molecular weight is 390 g/mol. The molecule has 1 N–H and O–H groups in total. The first kappa shape index (κ1) is 18.5. The summed E-state index contributed by atoms with van der Waals surface area (Å²) in [6, 6.07) is 8.09. The zero-order chi connectivity index (χ0) is 19.4. The zero-order valence-electron chi connectivity index (χ0n) is 14.8. The first-order chi connectivity index (χ1) is 13.1. The summed E-state index contributed by atoms with van der Waals surface area (Å²) >= 11 is 6.06. The second-order valence-electron chi connectivity index (χ2n) is 5.28. The Bertz CT molecular complexity index is 937. The molecule has 140 valence electrons. The van der Waals surface area contributed by atoms with Gasteiger partial charge in [-0.3, -0.25) is 4.79 Å². The Hall–Kier alpha value is -3.33. The smallest absolute Gasteiger partial charge is 0.257 e. The van der Waals surface area contributed by atoms with E-state index in [1.807, 2.05) is 0 Å². The zero-order valence-corrected chi connectivity index (χ0v) is 15.5. The van der Waals surface area contributed by atoms with Crippen LogP contribution >= 0.6 is 11.6 Å². The molecule has 3 aromatic rings. The summed E-state index contributed by atoms with van der Waals surface area (Å²) in [6.45, 7) is 0. The lowest BCUT2D eigenvalue weighted by Crippen LogP contribution is -2.15. The minimum absolute atomic E-state index is 0.295. The number of ether oxygens (including phenoxy) is 3. The van der Waals surface area contributed by atoms with Crippen LogP contribution in [0, 0.1) is 0 Å². The third kappa shape index (κ3) is 3.77. The van der Waals surface area contributed by atoms with E-state index in [0.717, 1.165) is 0 Å². The van der Waals surface area contributed by atoms with E-state index >= 15 is 0 Å². The van der Waals surface area contributed by atoms with E-state index in [0.29, 0.717) is 39.2 Å². The van der Waals surface area contributed by atoms with Gasteiger partial charge < -0.3 is 19.5 Å². The van der Waals surface area contributed by atoms with Crippen LogP contribution in [0.5, 0.6) is 17.2 Å². The number of anilines is 1. The number of hydrogen-bond acceptors (Lipinski definition) is 7. The number of hydrogen-bond donors (Lipinski definition) is 1. The van der Waals surface area contributed by atoms with Crippen molar-refractivity contribution in [3.05, 3.63) is 47.2 Å². The average Bonchev–Trinajstić information content (AvgIpc) is 3.21. The highest BCUT2D eigenvalue weighted by Gasteiger charge is 2.18. The summed E-state index contributed by atoms with van der Waals surface area (Å²) in [4.78, 5) is 12.9. The summed E-state index contributed by atoms with van der Waals surface area (Å²) in [5, 5.41) is 14.2. The quantitative estimate of drug-likeness (QED) is 0.691. The van der Waals surface area contributed by atoms with Crippen molar-refractivity contribution in [1.29, 1.82) is 0 Å². The van der Waals surface area contributed by atoms with Gasteiger partial charge >= 0.3 is 0 Å². The SMILES string of the molecule is COc1cc(NC(=O)c2cc(Cl)ccc2-n2cnnn2)cc(OC)c1OC. The number of rotatable bonds is 6. The monoisotopic (exact) mass is 389 g/mol. The number of aromatic nitrogens is 4. The van der Waals surface area contributed by atoms with E-state index in [2.05, 4.69) is 20.8 Å². The van der Waals surface area contributed by atoms with Crippen molar-refractivity contribution >= 4 is 23.2 Å². The maximum atomic E-state index is 12.9. The van der Waals surface area contributed by atoms with Gasteiger partial charge in [0.25, 0.3) is 5.91 Å². The summed E-state index contributed by atoms with van der Waals surface area (Å²) in [7, 11) is 4.49. The van der Waals surface area contributed by atoms with Crippen LogP contribution in [-0.2, 0) is 0 Å². The molecule has 1 aromatic heterocycles. The molecule has 0 radical (unpaired) electrons. The maximum absolute atomic E-state index is 12.9. The lowest BCUT2D eigenvalue weighted by Gasteiger charge is -2.15. The number of halogens is 1. The molecule has 0 saturated carbocycles. The molecule has 10 heteroatoms. The van der Waals surface area contributed by atoms with Crippen LogP contribution in [0.25, 0.3) is 5.69 Å². The predicted molar refractivity (Wildman–Crippen MR) is 98.2 cm³/mol. The van der Waals surface area contributed by atoms with E-state index in [1.165, 1.54) is 38.4 Å². The van der Waals surface area contributed by atoms with Crippen molar-refractivity contribution in [2.75, 3.05) is 26.6 Å². The van der Waals surface area contributed by atoms with Crippen molar-refractivity contribution in [2.24, 2.45) is 0 Å². The number of methoxy groups -OCH3 is 3. The molecule has 9 nitrogen and oxygen atoms in total. The van der Waals surface area contributed by atoms with Crippen molar-refractivity contribution in [1.82, 2.24) is 20.2 Å². The molecular formula is C17H16ClN5O4. The third-order valence-electron chi connectivity index (χ3n) is 3.72. The second-order valence-corrected chi connectivity index (χ2v) is 5.72. The molecular weight excluding hydrogens is 374 g/mol. The molecule has 0 aliphatic rings. The third-order valence-corrected chi connectivity index (χ3v) is 3.96. The minimum Gasteiger partial charge on any atom is -0.493 e. The van der Waals surface area contributed by atoms with Crippen LogP contribution in [0.15, 0.2) is 36.7 Å². The summed E-state index contributed by atoms with van der Waals surface area (Å²) in [6.07, 6.45) is 1.39. The van der Waals surface area contributed by atoms with Crippen molar-refractivity contribution in [2.45, 2.75) is 0 Å². The van der Waals surface area contributed by atoms with Gasteiger partial charge in [0.1, 0.15) is 6.33 Å². The minimum atomic E-state index is -0.405. The van der Waals surface area contributed by atoms with Gasteiger partial charge in [-0.2, -0.15) is 4.68 Å². The molecule has 3 rings (SSSR count). The molecule has 0 aliphatic heterocycles. The summed E-state index contributed by atoms with van der Waals surface area (Å²) in [5.74, 6) is 0.852. The van der Waals surface area contributed by atoms with Crippen LogP contribution in [0.2, 0.25) is 5.02 Å². The van der Waals surface area contributed by atoms with Gasteiger partial charge in [-0.05, 0) is 28.6 Å². The number of benzene rings is 2. The summed E-state index contributed by atoms with van der Waals surface area (Å²) < 4.78 is 17.3. The normalized spacial score (nSPS) is 10.4. The van der Waals surface area contributed by atoms with E-state index in [4.69, 9.17) is 25.8 Å². The van der Waals surface area contributed by atoms with Gasteiger partial charge in [0, 0.05) is 22.8 Å². The molecule has 0 bridgehead atoms. The highest BCUT2D eigenvalue weighted by molar-refractivity contribution is 6.31. The fourth-order valence-electron chi connectivity index (χ4n) is 2.51. The molecule has 0 aliphatic carbocycles. The Morgan fingerprint density at radius 3 is 2.33 bits per heavy atom. The van der Waals surface area contributed by atoms with Gasteiger partial charge in [0.15, 0.2) is 11.5 Å². The standard InChI is InChI=1S/C17H16ClN5O4/c1-25-14-7-11(8-15(26-2)16(14)27-3)20-17(24)12-6-10(18)4-5-13(12)23-9-19-21-22-23/h4-9H,1-3H3,(H,20,24). The number of nitrogens with zero attached hydrogens (tertiary/aromatic N) is 4. The number of tetrazole rings is 1. The molecule has 0 spiro atoms. The number of carbonyl (C=O) groups excluding carboxylic acids is 1. The fourth-order valence-corrected chi connectivity index (χ4v) is 2.69. The Morgan fingerprint density at radius 1 is 1.07 bits per heavy atom. The van der Waals surface area contributed by atoms with Gasteiger partial charge in [-0.1, -0.05) is 11.6 Å². The van der Waals surface area contributed by atoms with E-state index in [1.54, 1.807) is 24.3 Å². The Morgan fingerprint density at radius 2 is 1.78 bits per heavy atom. The number of carbonyl (C=O) groups is 1. The van der Waals surface area contributed by atoms with E-state index < -0.39 is 5.91 Å². The van der Waals surface area contributed by atoms with Crippen LogP contribution in [-0.4, -0.2) is 47.4 Å². The first-order valence-corrected chi connectivity index (χ1v) is 8.09. The predicted octanol–water partition coefficient (Wildman–Crippen LogP) is 2.59. The first-order valence-electron chi connectivity index (χ1n) is 7.71. The molecule has 0 saturated heterocycles. The van der Waals surface area contributed by atoms with Crippen LogP contribution < -0.4 is 19.5 Å².